The Balaban J connectivity index is 5.08. The second-order valence-corrected chi connectivity index (χ2v) is 4.81. The molecule has 0 radical (unpaired) electrons. The maximum Gasteiger partial charge on any atom is 0.271 e. The first-order chi connectivity index (χ1) is 5.93. The van der Waals surface area contributed by atoms with E-state index in [1.165, 1.54) is 12.2 Å². The van der Waals surface area contributed by atoms with Crippen LogP contribution in [-0.4, -0.2) is 17.7 Å². The lowest BCUT2D eigenvalue weighted by molar-refractivity contribution is 0.413. The van der Waals surface area contributed by atoms with E-state index in [1.54, 1.807) is 6.92 Å². The summed E-state index contributed by atoms with van der Waals surface area (Å²) in [5, 5.41) is 0. The Hall–Kier alpha value is -0.610. The fraction of sp³-hybridized carbons (Fsp3) is 0.556. The second kappa shape index (κ2) is 4.58. The third kappa shape index (κ3) is 2.67. The van der Waals surface area contributed by atoms with Gasteiger partial charge in [-0.25, -0.2) is 0 Å². The zero-order valence-corrected chi connectivity index (χ0v) is 8.68. The number of hydrogen-bond acceptors (Lipinski definition) is 2. The summed E-state index contributed by atoms with van der Waals surface area (Å²) in [6.45, 7) is 8.68. The first kappa shape index (κ1) is 12.4. The molecule has 0 rings (SSSR count). The maximum absolute atomic E-state index is 11.1. The van der Waals surface area contributed by atoms with Crippen molar-refractivity contribution in [3.63, 3.8) is 0 Å². The largest absolute Gasteiger partial charge is 0.285 e. The van der Waals surface area contributed by atoms with Crippen LogP contribution in [0, 0.1) is 0 Å². The van der Waals surface area contributed by atoms with Gasteiger partial charge in [-0.3, -0.25) is 4.55 Å². The van der Waals surface area contributed by atoms with Crippen molar-refractivity contribution in [3.8, 4) is 0 Å². The van der Waals surface area contributed by atoms with Crippen LogP contribution in [0.1, 0.15) is 26.2 Å². The molecule has 0 aromatic rings. The number of hydrogen-bond donors (Lipinski definition) is 1. The van der Waals surface area contributed by atoms with Gasteiger partial charge in [0.25, 0.3) is 10.1 Å². The van der Waals surface area contributed by atoms with Gasteiger partial charge in [-0.1, -0.05) is 19.1 Å². The SMILES string of the molecule is C=CCC(CC)(CC=C)S(=O)(=O)O. The first-order valence-corrected chi connectivity index (χ1v) is 5.56. The molecule has 0 aliphatic rings. The molecule has 0 fully saturated rings. The fourth-order valence-electron chi connectivity index (χ4n) is 1.29. The molecule has 76 valence electrons. The second-order valence-electron chi connectivity index (χ2n) is 3.00. The zero-order chi connectivity index (χ0) is 10.5. The van der Waals surface area contributed by atoms with Crippen molar-refractivity contribution in [3.05, 3.63) is 25.3 Å². The van der Waals surface area contributed by atoms with Gasteiger partial charge in [-0.15, -0.1) is 13.2 Å². The lowest BCUT2D eigenvalue weighted by Crippen LogP contribution is -2.36. The van der Waals surface area contributed by atoms with Gasteiger partial charge in [-0.05, 0) is 19.3 Å². The van der Waals surface area contributed by atoms with E-state index in [1.807, 2.05) is 0 Å². The highest BCUT2D eigenvalue weighted by atomic mass is 32.2. The standard InChI is InChI=1S/C9H16O3S/c1-4-7-9(6-3,8-5-2)13(10,11)12/h4-5H,1-2,6-8H2,3H3,(H,10,11,12). The van der Waals surface area contributed by atoms with Crippen molar-refractivity contribution in [2.45, 2.75) is 30.9 Å². The quantitative estimate of drug-likeness (QED) is 0.533. The summed E-state index contributed by atoms with van der Waals surface area (Å²) in [6, 6.07) is 0. The topological polar surface area (TPSA) is 54.4 Å². The smallest absolute Gasteiger partial charge is 0.271 e. The Kier molecular flexibility index (Phi) is 4.36. The van der Waals surface area contributed by atoms with Gasteiger partial charge in [0.15, 0.2) is 0 Å². The molecule has 13 heavy (non-hydrogen) atoms. The summed E-state index contributed by atoms with van der Waals surface area (Å²) in [6.07, 6.45) is 3.84. The molecular formula is C9H16O3S. The lowest BCUT2D eigenvalue weighted by Gasteiger charge is -2.26. The van der Waals surface area contributed by atoms with Crippen LogP contribution in [-0.2, 0) is 10.1 Å². The molecule has 0 atom stereocenters. The van der Waals surface area contributed by atoms with Crippen LogP contribution in [0.5, 0.6) is 0 Å². The van der Waals surface area contributed by atoms with Crippen molar-refractivity contribution >= 4 is 10.1 Å². The highest BCUT2D eigenvalue weighted by Crippen LogP contribution is 2.29. The highest BCUT2D eigenvalue weighted by molar-refractivity contribution is 7.87. The van der Waals surface area contributed by atoms with Crippen molar-refractivity contribution in [2.75, 3.05) is 0 Å². The molecule has 3 nitrogen and oxygen atoms in total. The average Bonchev–Trinajstić information content (AvgIpc) is 2.02. The Labute approximate surface area is 79.9 Å². The molecule has 0 aliphatic heterocycles. The van der Waals surface area contributed by atoms with E-state index >= 15 is 0 Å². The van der Waals surface area contributed by atoms with E-state index in [0.717, 1.165) is 0 Å². The van der Waals surface area contributed by atoms with Gasteiger partial charge < -0.3 is 0 Å². The average molecular weight is 204 g/mol. The molecule has 0 heterocycles. The summed E-state index contributed by atoms with van der Waals surface area (Å²) in [5.41, 5.74) is 0. The van der Waals surface area contributed by atoms with Crippen LogP contribution in [0.15, 0.2) is 25.3 Å². The summed E-state index contributed by atoms with van der Waals surface area (Å²) in [7, 11) is -4.04. The van der Waals surface area contributed by atoms with Crippen molar-refractivity contribution in [1.82, 2.24) is 0 Å². The van der Waals surface area contributed by atoms with Gasteiger partial charge in [0.1, 0.15) is 4.75 Å². The molecule has 0 aliphatic carbocycles. The monoisotopic (exact) mass is 204 g/mol. The molecule has 0 saturated heterocycles. The lowest BCUT2D eigenvalue weighted by atomic mass is 9.97. The van der Waals surface area contributed by atoms with Crippen LogP contribution >= 0.6 is 0 Å². The Morgan fingerprint density at radius 1 is 1.31 bits per heavy atom. The molecule has 0 amide bonds. The van der Waals surface area contributed by atoms with Crippen molar-refractivity contribution in [1.29, 1.82) is 0 Å². The van der Waals surface area contributed by atoms with Gasteiger partial charge in [-0.2, -0.15) is 8.42 Å². The third-order valence-corrected chi connectivity index (χ3v) is 3.94. The molecule has 0 aromatic carbocycles. The molecule has 4 heteroatoms. The highest BCUT2D eigenvalue weighted by Gasteiger charge is 2.38. The minimum Gasteiger partial charge on any atom is -0.285 e. The van der Waals surface area contributed by atoms with Crippen LogP contribution in [0.4, 0.5) is 0 Å². The van der Waals surface area contributed by atoms with E-state index in [0.29, 0.717) is 6.42 Å². The Bertz CT molecular complexity index is 267. The summed E-state index contributed by atoms with van der Waals surface area (Å²) < 4.78 is 30.2. The molecular weight excluding hydrogens is 188 g/mol. The molecule has 1 N–H and O–H groups in total. The normalized spacial score (nSPS) is 12.5. The van der Waals surface area contributed by atoms with Gasteiger partial charge >= 0.3 is 0 Å². The number of allylic oxidation sites excluding steroid dienone is 2. The third-order valence-electron chi connectivity index (χ3n) is 2.22. The predicted octanol–water partition coefficient (Wildman–Crippen LogP) is 2.18. The maximum atomic E-state index is 11.1. The summed E-state index contributed by atoms with van der Waals surface area (Å²) in [5.74, 6) is 0. The van der Waals surface area contributed by atoms with E-state index in [-0.39, 0.29) is 12.8 Å². The van der Waals surface area contributed by atoms with Crippen molar-refractivity contribution in [2.24, 2.45) is 0 Å². The van der Waals surface area contributed by atoms with Crippen LogP contribution < -0.4 is 0 Å². The fourth-order valence-corrected chi connectivity index (χ4v) is 2.31. The number of rotatable bonds is 6. The van der Waals surface area contributed by atoms with Gasteiger partial charge in [0.2, 0.25) is 0 Å². The zero-order valence-electron chi connectivity index (χ0n) is 7.86. The van der Waals surface area contributed by atoms with E-state index in [2.05, 4.69) is 13.2 Å². The van der Waals surface area contributed by atoms with Crippen LogP contribution in [0.3, 0.4) is 0 Å². The van der Waals surface area contributed by atoms with E-state index in [4.69, 9.17) is 4.55 Å². The van der Waals surface area contributed by atoms with Gasteiger partial charge in [0, 0.05) is 0 Å². The summed E-state index contributed by atoms with van der Waals surface area (Å²) >= 11 is 0. The molecule has 0 aromatic heterocycles. The summed E-state index contributed by atoms with van der Waals surface area (Å²) in [4.78, 5) is 0. The van der Waals surface area contributed by atoms with Crippen LogP contribution in [0.2, 0.25) is 0 Å². The molecule has 0 bridgehead atoms. The predicted molar refractivity (Wildman–Crippen MR) is 54.2 cm³/mol. The van der Waals surface area contributed by atoms with Gasteiger partial charge in [0.05, 0.1) is 0 Å². The Morgan fingerprint density at radius 2 is 1.69 bits per heavy atom. The van der Waals surface area contributed by atoms with E-state index in [9.17, 15) is 8.42 Å². The minimum absolute atomic E-state index is 0.244. The van der Waals surface area contributed by atoms with E-state index < -0.39 is 14.9 Å². The molecule has 0 saturated carbocycles. The molecule has 0 unspecified atom stereocenters. The van der Waals surface area contributed by atoms with Crippen molar-refractivity contribution < 1.29 is 13.0 Å². The van der Waals surface area contributed by atoms with Crippen LogP contribution in [0.25, 0.3) is 0 Å². The molecule has 0 spiro atoms. The Morgan fingerprint density at radius 3 is 1.85 bits per heavy atom. The first-order valence-electron chi connectivity index (χ1n) is 4.12. The minimum atomic E-state index is -4.04.